The average Bonchev–Trinajstić information content (AvgIpc) is 2.54. The standard InChI is InChI=1S/C18H15NO2S/c20-19(21)13-18(22-15-9-2-1-3-10-15)17-12-6-8-14-7-4-5-11-16(14)17/h1-12,18H,13H2. The number of hydrogen-bond donors (Lipinski definition) is 0. The molecule has 4 heteroatoms. The lowest BCUT2D eigenvalue weighted by Gasteiger charge is -2.15. The SMILES string of the molecule is O=[N+]([O-])CC(Sc1ccccc1)c1cccc2ccccc12. The van der Waals surface area contributed by atoms with Gasteiger partial charge in [-0.2, -0.15) is 0 Å². The van der Waals surface area contributed by atoms with Gasteiger partial charge in [-0.05, 0) is 28.5 Å². The largest absolute Gasteiger partial charge is 0.264 e. The molecule has 0 saturated carbocycles. The minimum absolute atomic E-state index is 0.0897. The Morgan fingerprint density at radius 3 is 2.36 bits per heavy atom. The van der Waals surface area contributed by atoms with Crippen LogP contribution in [0.4, 0.5) is 0 Å². The predicted octanol–water partition coefficient (Wildman–Crippen LogP) is 4.95. The fraction of sp³-hybridized carbons (Fsp3) is 0.111. The van der Waals surface area contributed by atoms with Crippen LogP contribution >= 0.6 is 11.8 Å². The lowest BCUT2D eigenvalue weighted by atomic mass is 10.0. The van der Waals surface area contributed by atoms with E-state index in [-0.39, 0.29) is 16.7 Å². The molecule has 0 aliphatic carbocycles. The van der Waals surface area contributed by atoms with E-state index in [0.717, 1.165) is 21.2 Å². The van der Waals surface area contributed by atoms with Crippen molar-refractivity contribution in [2.75, 3.05) is 6.54 Å². The van der Waals surface area contributed by atoms with E-state index in [0.29, 0.717) is 0 Å². The van der Waals surface area contributed by atoms with Crippen molar-refractivity contribution in [2.24, 2.45) is 0 Å². The first-order valence-corrected chi connectivity index (χ1v) is 7.93. The van der Waals surface area contributed by atoms with Crippen molar-refractivity contribution in [3.05, 3.63) is 88.5 Å². The summed E-state index contributed by atoms with van der Waals surface area (Å²) in [6.45, 7) is -0.0897. The molecular formula is C18H15NO2S. The van der Waals surface area contributed by atoms with Crippen LogP contribution in [-0.2, 0) is 0 Å². The fourth-order valence-electron chi connectivity index (χ4n) is 2.53. The zero-order chi connectivity index (χ0) is 15.4. The smallest absolute Gasteiger partial charge is 0.220 e. The fourth-order valence-corrected chi connectivity index (χ4v) is 3.70. The molecule has 0 aliphatic heterocycles. The zero-order valence-corrected chi connectivity index (χ0v) is 12.7. The van der Waals surface area contributed by atoms with E-state index in [1.807, 2.05) is 72.8 Å². The van der Waals surface area contributed by atoms with Crippen LogP contribution < -0.4 is 0 Å². The van der Waals surface area contributed by atoms with E-state index in [4.69, 9.17) is 0 Å². The number of thioether (sulfide) groups is 1. The summed E-state index contributed by atoms with van der Waals surface area (Å²) in [4.78, 5) is 11.9. The summed E-state index contributed by atoms with van der Waals surface area (Å²) in [6, 6.07) is 23.9. The third-order valence-electron chi connectivity index (χ3n) is 3.51. The van der Waals surface area contributed by atoms with Crippen LogP contribution in [0.5, 0.6) is 0 Å². The van der Waals surface area contributed by atoms with Gasteiger partial charge in [-0.3, -0.25) is 10.1 Å². The number of hydrogen-bond acceptors (Lipinski definition) is 3. The van der Waals surface area contributed by atoms with Gasteiger partial charge in [0.15, 0.2) is 0 Å². The predicted molar refractivity (Wildman–Crippen MR) is 90.8 cm³/mol. The molecule has 3 aromatic rings. The number of fused-ring (bicyclic) bond motifs is 1. The molecule has 0 heterocycles. The Balaban J connectivity index is 2.02. The molecule has 3 aromatic carbocycles. The van der Waals surface area contributed by atoms with E-state index in [9.17, 15) is 10.1 Å². The first-order chi connectivity index (χ1) is 10.7. The molecule has 0 N–H and O–H groups in total. The Morgan fingerprint density at radius 2 is 1.59 bits per heavy atom. The average molecular weight is 309 g/mol. The van der Waals surface area contributed by atoms with E-state index >= 15 is 0 Å². The van der Waals surface area contributed by atoms with Crippen molar-refractivity contribution in [3.8, 4) is 0 Å². The number of nitrogens with zero attached hydrogens (tertiary/aromatic N) is 1. The lowest BCUT2D eigenvalue weighted by Crippen LogP contribution is -2.10. The van der Waals surface area contributed by atoms with Crippen LogP contribution in [0.15, 0.2) is 77.7 Å². The normalized spacial score (nSPS) is 12.2. The van der Waals surface area contributed by atoms with Gasteiger partial charge in [0, 0.05) is 9.82 Å². The molecule has 3 rings (SSSR count). The molecular weight excluding hydrogens is 294 g/mol. The molecule has 0 fully saturated rings. The van der Waals surface area contributed by atoms with Crippen molar-refractivity contribution in [1.29, 1.82) is 0 Å². The molecule has 1 atom stereocenters. The quantitative estimate of drug-likeness (QED) is 0.380. The molecule has 1 unspecified atom stereocenters. The third kappa shape index (κ3) is 3.28. The van der Waals surface area contributed by atoms with Gasteiger partial charge in [0.25, 0.3) is 0 Å². The Hall–Kier alpha value is -2.33. The van der Waals surface area contributed by atoms with Gasteiger partial charge < -0.3 is 0 Å². The zero-order valence-electron chi connectivity index (χ0n) is 11.9. The summed E-state index contributed by atoms with van der Waals surface area (Å²) in [6.07, 6.45) is 0. The van der Waals surface area contributed by atoms with Crippen molar-refractivity contribution >= 4 is 22.5 Å². The van der Waals surface area contributed by atoms with Crippen molar-refractivity contribution < 1.29 is 4.92 Å². The highest BCUT2D eigenvalue weighted by Crippen LogP contribution is 2.38. The first-order valence-electron chi connectivity index (χ1n) is 7.05. The molecule has 0 amide bonds. The van der Waals surface area contributed by atoms with Crippen LogP contribution in [0.25, 0.3) is 10.8 Å². The minimum Gasteiger partial charge on any atom is -0.264 e. The van der Waals surface area contributed by atoms with E-state index < -0.39 is 0 Å². The number of nitro groups is 1. The summed E-state index contributed by atoms with van der Waals surface area (Å²) < 4.78 is 0. The molecule has 3 nitrogen and oxygen atoms in total. The Kier molecular flexibility index (Phi) is 4.39. The van der Waals surface area contributed by atoms with Crippen LogP contribution in [0.3, 0.4) is 0 Å². The minimum atomic E-state index is -0.234. The van der Waals surface area contributed by atoms with Gasteiger partial charge in [-0.25, -0.2) is 0 Å². The summed E-state index contributed by atoms with van der Waals surface area (Å²) in [5.41, 5.74) is 1.02. The highest BCUT2D eigenvalue weighted by atomic mass is 32.2. The highest BCUT2D eigenvalue weighted by molar-refractivity contribution is 7.99. The molecule has 0 aromatic heterocycles. The Morgan fingerprint density at radius 1 is 0.909 bits per heavy atom. The van der Waals surface area contributed by atoms with E-state index in [1.165, 1.54) is 0 Å². The molecule has 0 radical (unpaired) electrons. The second kappa shape index (κ2) is 6.62. The highest BCUT2D eigenvalue weighted by Gasteiger charge is 2.21. The summed E-state index contributed by atoms with van der Waals surface area (Å²) >= 11 is 1.54. The van der Waals surface area contributed by atoms with Gasteiger partial charge in [0.1, 0.15) is 0 Å². The molecule has 22 heavy (non-hydrogen) atoms. The summed E-state index contributed by atoms with van der Waals surface area (Å²) in [7, 11) is 0. The first kappa shape index (κ1) is 14.6. The van der Waals surface area contributed by atoms with Crippen LogP contribution in [-0.4, -0.2) is 11.5 Å². The van der Waals surface area contributed by atoms with Gasteiger partial charge in [-0.1, -0.05) is 60.7 Å². The summed E-state index contributed by atoms with van der Waals surface area (Å²) in [5, 5.41) is 13.1. The maximum absolute atomic E-state index is 11.1. The van der Waals surface area contributed by atoms with Crippen molar-refractivity contribution in [2.45, 2.75) is 10.1 Å². The van der Waals surface area contributed by atoms with Gasteiger partial charge in [-0.15, -0.1) is 11.8 Å². The monoisotopic (exact) mass is 309 g/mol. The van der Waals surface area contributed by atoms with Gasteiger partial charge in [0.2, 0.25) is 6.54 Å². The molecule has 0 bridgehead atoms. The molecule has 110 valence electrons. The van der Waals surface area contributed by atoms with Crippen LogP contribution in [0, 0.1) is 10.1 Å². The number of benzene rings is 3. The second-order valence-electron chi connectivity index (χ2n) is 5.00. The van der Waals surface area contributed by atoms with Gasteiger partial charge >= 0.3 is 0 Å². The maximum Gasteiger partial charge on any atom is 0.220 e. The molecule has 0 saturated heterocycles. The van der Waals surface area contributed by atoms with Crippen molar-refractivity contribution in [3.63, 3.8) is 0 Å². The Labute approximate surface area is 133 Å². The van der Waals surface area contributed by atoms with Crippen molar-refractivity contribution in [1.82, 2.24) is 0 Å². The molecule has 0 aliphatic rings. The summed E-state index contributed by atoms with van der Waals surface area (Å²) in [5.74, 6) is 0. The van der Waals surface area contributed by atoms with E-state index in [1.54, 1.807) is 11.8 Å². The number of rotatable bonds is 5. The van der Waals surface area contributed by atoms with Crippen LogP contribution in [0.2, 0.25) is 0 Å². The molecule has 0 spiro atoms. The lowest BCUT2D eigenvalue weighted by molar-refractivity contribution is -0.479. The van der Waals surface area contributed by atoms with Crippen LogP contribution in [0.1, 0.15) is 10.8 Å². The topological polar surface area (TPSA) is 43.1 Å². The van der Waals surface area contributed by atoms with E-state index in [2.05, 4.69) is 0 Å². The maximum atomic E-state index is 11.1. The third-order valence-corrected chi connectivity index (χ3v) is 4.74. The van der Waals surface area contributed by atoms with Gasteiger partial charge in [0.05, 0.1) is 5.25 Å². The Bertz CT molecular complexity index is 784. The second-order valence-corrected chi connectivity index (χ2v) is 6.28.